The Morgan fingerprint density at radius 1 is 0.840 bits per heavy atom. The van der Waals surface area contributed by atoms with Crippen LogP contribution in [0.5, 0.6) is 0 Å². The molecule has 0 aromatic heterocycles. The number of rotatable bonds is 9. The van der Waals surface area contributed by atoms with Crippen LogP contribution in [0.25, 0.3) is 0 Å². The van der Waals surface area contributed by atoms with Crippen LogP contribution in [0.4, 0.5) is 0 Å². The van der Waals surface area contributed by atoms with Crippen molar-refractivity contribution in [1.29, 1.82) is 0 Å². The monoisotopic (exact) mass is 392 g/mol. The first-order chi connectivity index (χ1) is 12.0. The Morgan fingerprint density at radius 2 is 1.32 bits per heavy atom. The van der Waals surface area contributed by atoms with E-state index in [-0.39, 0.29) is 11.6 Å². The first-order valence-corrected chi connectivity index (χ1v) is 13.0. The van der Waals surface area contributed by atoms with Crippen molar-refractivity contribution in [3.8, 4) is 0 Å². The maximum atomic E-state index is 8.90. The fourth-order valence-electron chi connectivity index (χ4n) is 3.15. The van der Waals surface area contributed by atoms with Crippen molar-refractivity contribution in [3.63, 3.8) is 0 Å². The van der Waals surface area contributed by atoms with Gasteiger partial charge in [-0.3, -0.25) is 0 Å². The summed E-state index contributed by atoms with van der Waals surface area (Å²) < 4.78 is 6.79. The third-order valence-corrected chi connectivity index (χ3v) is 11.6. The molecule has 0 spiro atoms. The van der Waals surface area contributed by atoms with E-state index in [1.165, 1.54) is 10.4 Å². The molecule has 0 fully saturated rings. The number of hydrogen-bond acceptors (Lipinski definition) is 4. The quantitative estimate of drug-likeness (QED) is 0.398. The van der Waals surface area contributed by atoms with Crippen LogP contribution in [0.3, 0.4) is 0 Å². The maximum Gasteiger partial charge on any atom is 0.261 e. The largest absolute Gasteiger partial charge is 0.407 e. The molecule has 0 saturated heterocycles. The molecule has 0 aliphatic heterocycles. The SMILES string of the molecule is CC(C)(C)[Si](OCCSSCCO)(c1ccccc1)c1ccccc1. The Morgan fingerprint density at radius 3 is 1.76 bits per heavy atom. The van der Waals surface area contributed by atoms with Crippen molar-refractivity contribution in [1.82, 2.24) is 0 Å². The standard InChI is InChI=1S/C20H28O2S2Si/c1-20(2,3)25(18-10-6-4-7-11-18,19-12-8-5-9-13-19)22-15-17-24-23-16-14-21/h4-13,21H,14-17H2,1-3H3. The fraction of sp³-hybridized carbons (Fsp3) is 0.400. The minimum absolute atomic E-state index is 0.0264. The summed E-state index contributed by atoms with van der Waals surface area (Å²) in [6, 6.07) is 21.5. The normalized spacial score (nSPS) is 12.3. The highest BCUT2D eigenvalue weighted by Gasteiger charge is 2.49. The predicted molar refractivity (Wildman–Crippen MR) is 116 cm³/mol. The molecule has 0 bridgehead atoms. The van der Waals surface area contributed by atoms with Gasteiger partial charge in [-0.25, -0.2) is 0 Å². The molecule has 2 aromatic carbocycles. The zero-order valence-electron chi connectivity index (χ0n) is 15.3. The van der Waals surface area contributed by atoms with Gasteiger partial charge in [-0.1, -0.05) is 103 Å². The van der Waals surface area contributed by atoms with Crippen LogP contribution in [-0.2, 0) is 4.43 Å². The Kier molecular flexibility index (Phi) is 8.10. The lowest BCUT2D eigenvalue weighted by Crippen LogP contribution is -2.66. The molecule has 0 heterocycles. The number of benzene rings is 2. The van der Waals surface area contributed by atoms with Gasteiger partial charge in [0.1, 0.15) is 0 Å². The van der Waals surface area contributed by atoms with Crippen molar-refractivity contribution >= 4 is 40.3 Å². The molecule has 1 N–H and O–H groups in total. The summed E-state index contributed by atoms with van der Waals surface area (Å²) in [5, 5.41) is 11.6. The molecule has 136 valence electrons. The van der Waals surface area contributed by atoms with E-state index in [0.717, 1.165) is 18.1 Å². The summed E-state index contributed by atoms with van der Waals surface area (Å²) in [4.78, 5) is 0. The molecular weight excluding hydrogens is 364 g/mol. The van der Waals surface area contributed by atoms with Crippen molar-refractivity contribution in [2.75, 3.05) is 24.7 Å². The van der Waals surface area contributed by atoms with E-state index in [9.17, 15) is 0 Å². The summed E-state index contributed by atoms with van der Waals surface area (Å²) >= 11 is 0. The molecule has 5 heteroatoms. The van der Waals surface area contributed by atoms with E-state index >= 15 is 0 Å². The molecule has 0 unspecified atom stereocenters. The summed E-state index contributed by atoms with van der Waals surface area (Å²) in [5.41, 5.74) is 0. The van der Waals surface area contributed by atoms with Crippen LogP contribution in [0, 0.1) is 0 Å². The Labute approximate surface area is 160 Å². The van der Waals surface area contributed by atoms with Gasteiger partial charge in [0, 0.05) is 18.1 Å². The lowest BCUT2D eigenvalue weighted by atomic mass is 10.2. The first-order valence-electron chi connectivity index (χ1n) is 8.62. The van der Waals surface area contributed by atoms with E-state index in [1.807, 2.05) is 0 Å². The number of aliphatic hydroxyl groups is 1. The topological polar surface area (TPSA) is 29.5 Å². The first kappa shape index (κ1) is 20.6. The lowest BCUT2D eigenvalue weighted by molar-refractivity contribution is 0.321. The molecule has 2 rings (SSSR count). The molecule has 0 atom stereocenters. The van der Waals surface area contributed by atoms with Gasteiger partial charge in [-0.05, 0) is 15.4 Å². The molecule has 0 amide bonds. The summed E-state index contributed by atoms with van der Waals surface area (Å²) in [6.07, 6.45) is 0. The maximum absolute atomic E-state index is 8.90. The minimum Gasteiger partial charge on any atom is -0.407 e. The van der Waals surface area contributed by atoms with Gasteiger partial charge in [-0.15, -0.1) is 0 Å². The second-order valence-electron chi connectivity index (χ2n) is 6.88. The van der Waals surface area contributed by atoms with Crippen molar-refractivity contribution in [2.24, 2.45) is 0 Å². The van der Waals surface area contributed by atoms with Crippen LogP contribution >= 0.6 is 21.6 Å². The van der Waals surface area contributed by atoms with Gasteiger partial charge in [0.15, 0.2) is 0 Å². The van der Waals surface area contributed by atoms with Crippen LogP contribution < -0.4 is 10.4 Å². The van der Waals surface area contributed by atoms with E-state index in [2.05, 4.69) is 81.4 Å². The highest BCUT2D eigenvalue weighted by atomic mass is 33.1. The molecule has 2 nitrogen and oxygen atoms in total. The van der Waals surface area contributed by atoms with Gasteiger partial charge >= 0.3 is 0 Å². The average Bonchev–Trinajstić information content (AvgIpc) is 2.62. The van der Waals surface area contributed by atoms with Crippen LogP contribution in [-0.4, -0.2) is 38.1 Å². The van der Waals surface area contributed by atoms with Crippen molar-refractivity contribution in [3.05, 3.63) is 60.7 Å². The summed E-state index contributed by atoms with van der Waals surface area (Å²) in [6.45, 7) is 7.84. The zero-order valence-corrected chi connectivity index (χ0v) is 17.9. The fourth-order valence-corrected chi connectivity index (χ4v) is 9.45. The molecular formula is C20H28O2S2Si. The Hall–Kier alpha value is -0.723. The summed E-state index contributed by atoms with van der Waals surface area (Å²) in [7, 11) is 1.09. The van der Waals surface area contributed by atoms with Crippen molar-refractivity contribution < 1.29 is 9.53 Å². The highest BCUT2D eigenvalue weighted by molar-refractivity contribution is 8.76. The van der Waals surface area contributed by atoms with Crippen molar-refractivity contribution in [2.45, 2.75) is 25.8 Å². The summed E-state index contributed by atoms with van der Waals surface area (Å²) in [5.74, 6) is 1.69. The van der Waals surface area contributed by atoms with Gasteiger partial charge in [0.25, 0.3) is 8.32 Å². The Bertz CT molecular complexity index is 575. The molecule has 0 saturated carbocycles. The minimum atomic E-state index is -2.39. The highest BCUT2D eigenvalue weighted by Crippen LogP contribution is 2.37. The third-order valence-electron chi connectivity index (χ3n) is 4.16. The molecule has 0 aliphatic carbocycles. The van der Waals surface area contributed by atoms with E-state index in [1.54, 1.807) is 21.6 Å². The number of aliphatic hydroxyl groups excluding tert-OH is 1. The van der Waals surface area contributed by atoms with Gasteiger partial charge < -0.3 is 9.53 Å². The van der Waals surface area contributed by atoms with Gasteiger partial charge in [0.2, 0.25) is 0 Å². The van der Waals surface area contributed by atoms with Gasteiger partial charge in [0.05, 0.1) is 6.61 Å². The van der Waals surface area contributed by atoms with Crippen LogP contribution in [0.15, 0.2) is 60.7 Å². The van der Waals surface area contributed by atoms with E-state index in [0.29, 0.717) is 0 Å². The molecule has 0 aliphatic rings. The average molecular weight is 393 g/mol. The molecule has 25 heavy (non-hydrogen) atoms. The molecule has 0 radical (unpaired) electrons. The van der Waals surface area contributed by atoms with E-state index in [4.69, 9.17) is 9.53 Å². The second kappa shape index (κ2) is 9.83. The van der Waals surface area contributed by atoms with E-state index < -0.39 is 8.32 Å². The predicted octanol–water partition coefficient (Wildman–Crippen LogP) is 3.94. The second-order valence-corrected chi connectivity index (χ2v) is 13.9. The molecule has 2 aromatic rings. The van der Waals surface area contributed by atoms with Crippen LogP contribution in [0.2, 0.25) is 5.04 Å². The number of hydrogen-bond donors (Lipinski definition) is 1. The van der Waals surface area contributed by atoms with Crippen LogP contribution in [0.1, 0.15) is 20.8 Å². The smallest absolute Gasteiger partial charge is 0.261 e. The van der Waals surface area contributed by atoms with Gasteiger partial charge in [-0.2, -0.15) is 0 Å². The lowest BCUT2D eigenvalue weighted by Gasteiger charge is -2.43. The third kappa shape index (κ3) is 5.14. The Balaban J connectivity index is 2.33. The zero-order chi connectivity index (χ0) is 18.2.